The quantitative estimate of drug-likeness (QED) is 0.224. The Morgan fingerprint density at radius 2 is 1.96 bits per heavy atom. The normalized spacial score (nSPS) is 11.6. The molecule has 3 aromatic rings. The van der Waals surface area contributed by atoms with Gasteiger partial charge in [0.05, 0.1) is 10.7 Å². The lowest BCUT2D eigenvalue weighted by Gasteiger charge is -2.06. The lowest BCUT2D eigenvalue weighted by atomic mass is 10.1. The predicted molar refractivity (Wildman–Crippen MR) is 110 cm³/mol. The Labute approximate surface area is 169 Å². The van der Waals surface area contributed by atoms with E-state index in [-0.39, 0.29) is 6.61 Å². The number of thioether (sulfide) groups is 1. The maximum atomic E-state index is 5.62. The van der Waals surface area contributed by atoms with Gasteiger partial charge in [0.2, 0.25) is 5.82 Å². The molecule has 0 spiro atoms. The maximum absolute atomic E-state index is 5.62. The number of nitrogens with zero attached hydrogens (tertiary/aromatic N) is 6. The second-order valence-corrected chi connectivity index (χ2v) is 7.34. The second-order valence-electron chi connectivity index (χ2n) is 6.23. The van der Waals surface area contributed by atoms with Crippen LogP contribution in [0, 0.1) is 0 Å². The van der Waals surface area contributed by atoms with Gasteiger partial charge in [0.15, 0.2) is 12.3 Å². The minimum absolute atomic E-state index is 0.283. The lowest BCUT2D eigenvalue weighted by molar-refractivity contribution is 0.127. The van der Waals surface area contributed by atoms with E-state index in [1.165, 1.54) is 19.3 Å². The van der Waals surface area contributed by atoms with Gasteiger partial charge in [0, 0.05) is 12.6 Å². The lowest BCUT2D eigenvalue weighted by Crippen LogP contribution is -2.12. The van der Waals surface area contributed by atoms with Gasteiger partial charge >= 0.3 is 0 Å². The van der Waals surface area contributed by atoms with E-state index in [0.717, 1.165) is 22.0 Å². The topological polar surface area (TPSA) is 78.1 Å². The molecular weight excluding hydrogens is 372 g/mol. The fourth-order valence-electron chi connectivity index (χ4n) is 2.56. The SMILES string of the molecule is CCCCCSc1cccc(CO/N=C(\c2ccccc2)c2nnnn2C)n1. The standard InChI is InChI=1S/C20H24N6OS/c1-3-4-8-14-28-18-13-9-12-17(21-18)15-27-23-19(16-10-6-5-7-11-16)20-22-24-25-26(20)2/h5-7,9-13H,3-4,8,14-15H2,1-2H3/b23-19+. The van der Waals surface area contributed by atoms with E-state index in [2.05, 4.69) is 32.6 Å². The Morgan fingerprint density at radius 3 is 2.71 bits per heavy atom. The Morgan fingerprint density at radius 1 is 1.11 bits per heavy atom. The highest BCUT2D eigenvalue weighted by Crippen LogP contribution is 2.18. The first-order chi connectivity index (χ1) is 13.8. The summed E-state index contributed by atoms with van der Waals surface area (Å²) < 4.78 is 1.57. The summed E-state index contributed by atoms with van der Waals surface area (Å²) in [4.78, 5) is 10.3. The number of benzene rings is 1. The Hall–Kier alpha value is -2.74. The van der Waals surface area contributed by atoms with Gasteiger partial charge in [0.25, 0.3) is 0 Å². The largest absolute Gasteiger partial charge is 0.389 e. The molecule has 0 radical (unpaired) electrons. The number of oxime groups is 1. The minimum Gasteiger partial charge on any atom is -0.389 e. The summed E-state index contributed by atoms with van der Waals surface area (Å²) in [5.74, 6) is 1.63. The van der Waals surface area contributed by atoms with Crippen molar-refractivity contribution in [1.29, 1.82) is 0 Å². The first-order valence-corrected chi connectivity index (χ1v) is 10.3. The predicted octanol–water partition coefficient (Wildman–Crippen LogP) is 3.86. The minimum atomic E-state index is 0.283. The third kappa shape index (κ3) is 5.63. The van der Waals surface area contributed by atoms with Crippen LogP contribution in [0.2, 0.25) is 0 Å². The van der Waals surface area contributed by atoms with E-state index in [0.29, 0.717) is 11.5 Å². The van der Waals surface area contributed by atoms with Gasteiger partial charge in [-0.2, -0.15) is 0 Å². The van der Waals surface area contributed by atoms with E-state index < -0.39 is 0 Å². The van der Waals surface area contributed by atoms with E-state index in [9.17, 15) is 0 Å². The number of tetrazole rings is 1. The van der Waals surface area contributed by atoms with E-state index in [4.69, 9.17) is 4.84 Å². The number of aryl methyl sites for hydroxylation is 1. The molecule has 8 heteroatoms. The zero-order valence-electron chi connectivity index (χ0n) is 16.2. The average Bonchev–Trinajstić information content (AvgIpc) is 3.15. The molecule has 3 rings (SSSR count). The molecule has 0 unspecified atom stereocenters. The molecule has 0 aliphatic heterocycles. The van der Waals surface area contributed by atoms with Gasteiger partial charge in [-0.15, -0.1) is 16.9 Å². The molecule has 0 amide bonds. The molecule has 0 saturated heterocycles. The first-order valence-electron chi connectivity index (χ1n) is 9.34. The van der Waals surface area contributed by atoms with Crippen LogP contribution in [0.3, 0.4) is 0 Å². The Bertz CT molecular complexity index is 896. The number of pyridine rings is 1. The molecule has 146 valence electrons. The molecule has 0 N–H and O–H groups in total. The molecule has 2 heterocycles. The van der Waals surface area contributed by atoms with Crippen molar-refractivity contribution < 1.29 is 4.84 Å². The fourth-order valence-corrected chi connectivity index (χ4v) is 3.47. The van der Waals surface area contributed by atoms with Crippen molar-refractivity contribution in [2.24, 2.45) is 12.2 Å². The van der Waals surface area contributed by atoms with Crippen molar-refractivity contribution in [2.75, 3.05) is 5.75 Å². The van der Waals surface area contributed by atoms with Crippen molar-refractivity contribution in [3.8, 4) is 0 Å². The molecule has 7 nitrogen and oxygen atoms in total. The smallest absolute Gasteiger partial charge is 0.204 e. The maximum Gasteiger partial charge on any atom is 0.204 e. The van der Waals surface area contributed by atoms with Crippen LogP contribution in [-0.2, 0) is 18.5 Å². The van der Waals surface area contributed by atoms with Crippen LogP contribution in [-0.4, -0.2) is 36.7 Å². The van der Waals surface area contributed by atoms with Crippen LogP contribution in [0.1, 0.15) is 43.3 Å². The van der Waals surface area contributed by atoms with Crippen LogP contribution in [0.4, 0.5) is 0 Å². The van der Waals surface area contributed by atoms with Crippen LogP contribution in [0.25, 0.3) is 0 Å². The highest BCUT2D eigenvalue weighted by molar-refractivity contribution is 7.99. The Balaban J connectivity index is 1.68. The molecule has 0 fully saturated rings. The van der Waals surface area contributed by atoms with E-state index in [1.807, 2.05) is 48.5 Å². The third-order valence-electron chi connectivity index (χ3n) is 4.03. The third-order valence-corrected chi connectivity index (χ3v) is 5.04. The number of hydrogen-bond donors (Lipinski definition) is 0. The fraction of sp³-hybridized carbons (Fsp3) is 0.350. The summed E-state index contributed by atoms with van der Waals surface area (Å²) in [6.07, 6.45) is 3.69. The van der Waals surface area contributed by atoms with Crippen molar-refractivity contribution in [3.05, 3.63) is 65.6 Å². The van der Waals surface area contributed by atoms with E-state index in [1.54, 1.807) is 23.5 Å². The molecule has 0 aliphatic carbocycles. The number of unbranched alkanes of at least 4 members (excludes halogenated alkanes) is 2. The summed E-state index contributed by atoms with van der Waals surface area (Å²) in [6.45, 7) is 2.49. The number of hydrogen-bond acceptors (Lipinski definition) is 7. The second kappa shape index (κ2) is 10.6. The zero-order chi connectivity index (χ0) is 19.6. The average molecular weight is 397 g/mol. The Kier molecular flexibility index (Phi) is 7.54. The number of aromatic nitrogens is 5. The van der Waals surface area contributed by atoms with Crippen LogP contribution < -0.4 is 0 Å². The molecule has 28 heavy (non-hydrogen) atoms. The van der Waals surface area contributed by atoms with Crippen LogP contribution in [0.5, 0.6) is 0 Å². The summed E-state index contributed by atoms with van der Waals surface area (Å²) in [7, 11) is 1.77. The summed E-state index contributed by atoms with van der Waals surface area (Å²) in [5.41, 5.74) is 2.31. The van der Waals surface area contributed by atoms with Gasteiger partial charge in [-0.25, -0.2) is 9.67 Å². The summed E-state index contributed by atoms with van der Waals surface area (Å²) in [5, 5.41) is 17.0. The van der Waals surface area contributed by atoms with Crippen molar-refractivity contribution in [2.45, 2.75) is 37.8 Å². The van der Waals surface area contributed by atoms with Gasteiger partial charge < -0.3 is 4.84 Å². The molecule has 0 saturated carbocycles. The highest BCUT2D eigenvalue weighted by atomic mass is 32.2. The first kappa shape index (κ1) is 20.0. The van der Waals surface area contributed by atoms with Gasteiger partial charge in [-0.1, -0.05) is 61.3 Å². The molecule has 0 atom stereocenters. The van der Waals surface area contributed by atoms with E-state index >= 15 is 0 Å². The molecule has 2 aromatic heterocycles. The van der Waals surface area contributed by atoms with Gasteiger partial charge in [0.1, 0.15) is 0 Å². The monoisotopic (exact) mass is 396 g/mol. The molecular formula is C20H24N6OS. The molecule has 0 bridgehead atoms. The van der Waals surface area contributed by atoms with Crippen LogP contribution >= 0.6 is 11.8 Å². The highest BCUT2D eigenvalue weighted by Gasteiger charge is 2.14. The number of rotatable bonds is 10. The van der Waals surface area contributed by atoms with Crippen molar-refractivity contribution in [3.63, 3.8) is 0 Å². The van der Waals surface area contributed by atoms with Gasteiger partial charge in [-0.05, 0) is 34.7 Å². The summed E-state index contributed by atoms with van der Waals surface area (Å²) >= 11 is 1.78. The van der Waals surface area contributed by atoms with Gasteiger partial charge in [-0.3, -0.25) is 0 Å². The van der Waals surface area contributed by atoms with Crippen molar-refractivity contribution >= 4 is 17.5 Å². The van der Waals surface area contributed by atoms with Crippen LogP contribution in [0.15, 0.2) is 58.7 Å². The van der Waals surface area contributed by atoms with Crippen molar-refractivity contribution in [1.82, 2.24) is 25.2 Å². The molecule has 0 aliphatic rings. The molecule has 1 aromatic carbocycles. The summed E-state index contributed by atoms with van der Waals surface area (Å²) in [6, 6.07) is 15.7. The zero-order valence-corrected chi connectivity index (χ0v) is 17.0.